The van der Waals surface area contributed by atoms with E-state index in [1.807, 2.05) is 43.4 Å². The lowest BCUT2D eigenvalue weighted by Crippen LogP contribution is -2.32. The highest BCUT2D eigenvalue weighted by atomic mass is 16.2. The van der Waals surface area contributed by atoms with E-state index in [4.69, 9.17) is 0 Å². The molecule has 0 saturated carbocycles. The molecule has 0 spiro atoms. The normalized spacial score (nSPS) is 10.2. The van der Waals surface area contributed by atoms with Crippen LogP contribution >= 0.6 is 0 Å². The second-order valence-electron chi connectivity index (χ2n) is 4.83. The second kappa shape index (κ2) is 7.43. The van der Waals surface area contributed by atoms with E-state index in [1.165, 1.54) is 0 Å². The van der Waals surface area contributed by atoms with Crippen LogP contribution in [0, 0.1) is 0 Å². The average Bonchev–Trinajstić information content (AvgIpc) is 2.56. The number of nitrogens with zero attached hydrogens (tertiary/aromatic N) is 2. The minimum atomic E-state index is -0.0632. The lowest BCUT2D eigenvalue weighted by molar-refractivity contribution is 0.0982. The van der Waals surface area contributed by atoms with Crippen molar-refractivity contribution < 1.29 is 4.79 Å². The van der Waals surface area contributed by atoms with Crippen LogP contribution < -0.4 is 10.2 Å². The summed E-state index contributed by atoms with van der Waals surface area (Å²) >= 11 is 0. The number of nitrogens with one attached hydrogen (secondary N) is 1. The van der Waals surface area contributed by atoms with Crippen LogP contribution in [0.2, 0.25) is 0 Å². The van der Waals surface area contributed by atoms with Gasteiger partial charge in [-0.1, -0.05) is 31.5 Å². The number of unbranched alkanes of at least 4 members (excludes halogenated alkanes) is 1. The summed E-state index contributed by atoms with van der Waals surface area (Å²) in [5.41, 5.74) is 2.26. The molecular weight excluding hydrogens is 262 g/mol. The highest BCUT2D eigenvalue weighted by Gasteiger charge is 2.18. The minimum Gasteiger partial charge on any atom is -0.388 e. The zero-order valence-corrected chi connectivity index (χ0v) is 12.5. The van der Waals surface area contributed by atoms with Crippen molar-refractivity contribution in [3.05, 3.63) is 54.4 Å². The van der Waals surface area contributed by atoms with Crippen molar-refractivity contribution in [2.45, 2.75) is 19.8 Å². The summed E-state index contributed by atoms with van der Waals surface area (Å²) in [5, 5.41) is 3.03. The number of hydrogen-bond acceptors (Lipinski definition) is 3. The Balaban J connectivity index is 2.29. The van der Waals surface area contributed by atoms with E-state index >= 15 is 0 Å². The first-order valence-corrected chi connectivity index (χ1v) is 7.27. The van der Waals surface area contributed by atoms with Crippen LogP contribution in [0.15, 0.2) is 48.7 Å². The van der Waals surface area contributed by atoms with Crippen LogP contribution in [-0.4, -0.2) is 24.5 Å². The third-order valence-corrected chi connectivity index (χ3v) is 3.32. The van der Waals surface area contributed by atoms with E-state index < -0.39 is 0 Å². The molecule has 0 aliphatic carbocycles. The highest BCUT2D eigenvalue weighted by molar-refractivity contribution is 6.05. The van der Waals surface area contributed by atoms with E-state index in [9.17, 15) is 4.79 Å². The number of anilines is 2. The SMILES string of the molecule is CCCCN(C(=O)c1cc(NC)ccn1)c1ccccc1. The summed E-state index contributed by atoms with van der Waals surface area (Å²) in [4.78, 5) is 18.8. The molecule has 0 fully saturated rings. The molecule has 0 aliphatic heterocycles. The van der Waals surface area contributed by atoms with E-state index in [-0.39, 0.29) is 5.91 Å². The van der Waals surface area contributed by atoms with E-state index in [0.717, 1.165) is 24.2 Å². The molecule has 1 N–H and O–H groups in total. The quantitative estimate of drug-likeness (QED) is 0.881. The molecule has 0 atom stereocenters. The number of benzene rings is 1. The van der Waals surface area contributed by atoms with E-state index in [1.54, 1.807) is 17.2 Å². The number of carbonyl (C=O) groups excluding carboxylic acids is 1. The van der Waals surface area contributed by atoms with Gasteiger partial charge in [0.2, 0.25) is 0 Å². The largest absolute Gasteiger partial charge is 0.388 e. The smallest absolute Gasteiger partial charge is 0.276 e. The average molecular weight is 283 g/mol. The molecule has 4 nitrogen and oxygen atoms in total. The number of carbonyl (C=O) groups is 1. The first-order valence-electron chi connectivity index (χ1n) is 7.27. The van der Waals surface area contributed by atoms with Crippen molar-refractivity contribution >= 4 is 17.3 Å². The highest BCUT2D eigenvalue weighted by Crippen LogP contribution is 2.18. The Morgan fingerprint density at radius 1 is 1.24 bits per heavy atom. The fourth-order valence-electron chi connectivity index (χ4n) is 2.11. The molecule has 1 aromatic heterocycles. The van der Waals surface area contributed by atoms with Gasteiger partial charge in [-0.2, -0.15) is 0 Å². The molecule has 21 heavy (non-hydrogen) atoms. The molecule has 0 radical (unpaired) electrons. The Labute approximate surface area is 125 Å². The number of hydrogen-bond donors (Lipinski definition) is 1. The molecule has 4 heteroatoms. The molecule has 1 aromatic carbocycles. The molecule has 2 aromatic rings. The van der Waals surface area contributed by atoms with Crippen LogP contribution in [0.3, 0.4) is 0 Å². The van der Waals surface area contributed by atoms with E-state index in [0.29, 0.717) is 12.2 Å². The summed E-state index contributed by atoms with van der Waals surface area (Å²) in [5.74, 6) is -0.0632. The van der Waals surface area contributed by atoms with E-state index in [2.05, 4.69) is 17.2 Å². The first kappa shape index (κ1) is 15.0. The zero-order valence-electron chi connectivity index (χ0n) is 12.5. The van der Waals surface area contributed by atoms with Gasteiger partial charge in [-0.05, 0) is 30.7 Å². The van der Waals surface area contributed by atoms with Crippen LogP contribution in [0.5, 0.6) is 0 Å². The fourth-order valence-corrected chi connectivity index (χ4v) is 2.11. The summed E-state index contributed by atoms with van der Waals surface area (Å²) < 4.78 is 0. The van der Waals surface area contributed by atoms with Crippen molar-refractivity contribution in [2.24, 2.45) is 0 Å². The first-order chi connectivity index (χ1) is 10.3. The van der Waals surface area contributed by atoms with Gasteiger partial charge in [0.25, 0.3) is 5.91 Å². The predicted octanol–water partition coefficient (Wildman–Crippen LogP) is 3.57. The molecule has 2 rings (SSSR count). The lowest BCUT2D eigenvalue weighted by Gasteiger charge is -2.22. The maximum atomic E-state index is 12.8. The number of pyridine rings is 1. The standard InChI is InChI=1S/C17H21N3O/c1-3-4-12-20(15-8-6-5-7-9-15)17(21)16-13-14(18-2)10-11-19-16/h5-11,13H,3-4,12H2,1-2H3,(H,18,19). The molecule has 110 valence electrons. The summed E-state index contributed by atoms with van der Waals surface area (Å²) in [6.07, 6.45) is 3.66. The van der Waals surface area contributed by atoms with Gasteiger partial charge >= 0.3 is 0 Å². The Morgan fingerprint density at radius 2 is 2.00 bits per heavy atom. The van der Waals surface area contributed by atoms with Gasteiger partial charge in [0, 0.05) is 31.2 Å². The lowest BCUT2D eigenvalue weighted by atomic mass is 10.2. The minimum absolute atomic E-state index is 0.0632. The van der Waals surface area contributed by atoms with Gasteiger partial charge in [-0.25, -0.2) is 0 Å². The summed E-state index contributed by atoms with van der Waals surface area (Å²) in [6, 6.07) is 13.4. The van der Waals surface area contributed by atoms with Crippen LogP contribution in [0.1, 0.15) is 30.3 Å². The number of para-hydroxylation sites is 1. The number of rotatable bonds is 6. The molecular formula is C17H21N3O. The van der Waals surface area contributed by atoms with Crippen LogP contribution in [0.4, 0.5) is 11.4 Å². The monoisotopic (exact) mass is 283 g/mol. The van der Waals surface area contributed by atoms with Crippen molar-refractivity contribution in [3.8, 4) is 0 Å². The number of aromatic nitrogens is 1. The van der Waals surface area contributed by atoms with Crippen molar-refractivity contribution in [1.29, 1.82) is 0 Å². The van der Waals surface area contributed by atoms with Gasteiger partial charge in [-0.15, -0.1) is 0 Å². The topological polar surface area (TPSA) is 45.2 Å². The Morgan fingerprint density at radius 3 is 2.67 bits per heavy atom. The van der Waals surface area contributed by atoms with Crippen LogP contribution in [-0.2, 0) is 0 Å². The molecule has 0 aliphatic rings. The fraction of sp³-hybridized carbons (Fsp3) is 0.294. The maximum absolute atomic E-state index is 12.8. The second-order valence-corrected chi connectivity index (χ2v) is 4.83. The molecule has 0 saturated heterocycles. The van der Waals surface area contributed by atoms with Gasteiger partial charge in [-0.3, -0.25) is 9.78 Å². The Bertz CT molecular complexity index is 584. The zero-order chi connectivity index (χ0) is 15.1. The van der Waals surface area contributed by atoms with Crippen molar-refractivity contribution in [1.82, 2.24) is 4.98 Å². The Kier molecular flexibility index (Phi) is 5.32. The molecule has 0 bridgehead atoms. The number of amides is 1. The van der Waals surface area contributed by atoms with Gasteiger partial charge in [0.05, 0.1) is 0 Å². The van der Waals surface area contributed by atoms with Crippen molar-refractivity contribution in [2.75, 3.05) is 23.8 Å². The molecule has 0 unspecified atom stereocenters. The summed E-state index contributed by atoms with van der Waals surface area (Å²) in [6.45, 7) is 2.82. The summed E-state index contributed by atoms with van der Waals surface area (Å²) in [7, 11) is 1.83. The maximum Gasteiger partial charge on any atom is 0.276 e. The predicted molar refractivity (Wildman–Crippen MR) is 86.8 cm³/mol. The third kappa shape index (κ3) is 3.81. The van der Waals surface area contributed by atoms with Gasteiger partial charge in [0.15, 0.2) is 0 Å². The van der Waals surface area contributed by atoms with Crippen LogP contribution in [0.25, 0.3) is 0 Å². The Hall–Kier alpha value is -2.36. The molecule has 1 heterocycles. The molecule has 1 amide bonds. The van der Waals surface area contributed by atoms with Crippen molar-refractivity contribution in [3.63, 3.8) is 0 Å². The third-order valence-electron chi connectivity index (χ3n) is 3.32. The van der Waals surface area contributed by atoms with Gasteiger partial charge in [0.1, 0.15) is 5.69 Å². The van der Waals surface area contributed by atoms with Gasteiger partial charge < -0.3 is 10.2 Å².